The maximum absolute atomic E-state index is 13.2. The topological polar surface area (TPSA) is 175 Å². The SMILES string of the molecule is CCCCCCCCC(CC(=O)CCCCCCCCCCCNC(=O)NC12CC3CC(CC(C3)C1)C2)C(=O)O[C@@H]1C(CO)O[C@H](O)C(O)[C@H]1O. The van der Waals surface area contributed by atoms with E-state index in [2.05, 4.69) is 17.6 Å². The number of nitrogens with one attached hydrogen (secondary N) is 2. The summed E-state index contributed by atoms with van der Waals surface area (Å²) < 4.78 is 10.7. The van der Waals surface area contributed by atoms with Gasteiger partial charge in [-0.15, -0.1) is 0 Å². The van der Waals surface area contributed by atoms with Crippen LogP contribution in [-0.4, -0.2) is 87.6 Å². The van der Waals surface area contributed by atoms with Crippen molar-refractivity contribution in [3.63, 3.8) is 0 Å². The molecule has 0 aromatic heterocycles. The quantitative estimate of drug-likeness (QED) is 0.0501. The molecule has 294 valence electrons. The number of amides is 2. The van der Waals surface area contributed by atoms with Gasteiger partial charge in [0.2, 0.25) is 0 Å². The third-order valence-corrected chi connectivity index (χ3v) is 12.1. The van der Waals surface area contributed by atoms with Gasteiger partial charge in [0, 0.05) is 24.9 Å². The lowest BCUT2D eigenvalue weighted by molar-refractivity contribution is -0.290. The molecule has 0 aromatic carbocycles. The highest BCUT2D eigenvalue weighted by Crippen LogP contribution is 2.55. The number of carbonyl (C=O) groups excluding carboxylic acids is 3. The maximum atomic E-state index is 13.2. The van der Waals surface area contributed by atoms with E-state index in [9.17, 15) is 34.8 Å². The van der Waals surface area contributed by atoms with E-state index in [4.69, 9.17) is 9.47 Å². The van der Waals surface area contributed by atoms with Crippen LogP contribution in [0.15, 0.2) is 0 Å². The summed E-state index contributed by atoms with van der Waals surface area (Å²) in [5.41, 5.74) is 0.0651. The number of ether oxygens (including phenoxy) is 2. The first-order valence-electron chi connectivity index (χ1n) is 20.7. The minimum absolute atomic E-state index is 0.0118. The Morgan fingerprint density at radius 3 is 1.90 bits per heavy atom. The summed E-state index contributed by atoms with van der Waals surface area (Å²) in [4.78, 5) is 38.8. The van der Waals surface area contributed by atoms with E-state index in [-0.39, 0.29) is 23.8 Å². The Morgan fingerprint density at radius 1 is 0.765 bits per heavy atom. The summed E-state index contributed by atoms with van der Waals surface area (Å²) in [6.45, 7) is 2.28. The molecule has 2 amide bonds. The number of esters is 1. The highest BCUT2D eigenvalue weighted by atomic mass is 16.7. The molecule has 4 saturated carbocycles. The van der Waals surface area contributed by atoms with Crippen LogP contribution < -0.4 is 10.6 Å². The lowest BCUT2D eigenvalue weighted by Crippen LogP contribution is -2.61. The molecule has 6 N–H and O–H groups in total. The maximum Gasteiger partial charge on any atom is 0.315 e. The largest absolute Gasteiger partial charge is 0.456 e. The summed E-state index contributed by atoms with van der Waals surface area (Å²) in [7, 11) is 0. The Hall–Kier alpha value is -1.79. The number of ketones is 1. The smallest absolute Gasteiger partial charge is 0.315 e. The summed E-state index contributed by atoms with van der Waals surface area (Å²) >= 11 is 0. The molecule has 0 radical (unpaired) electrons. The second kappa shape index (κ2) is 21.8. The van der Waals surface area contributed by atoms with Gasteiger partial charge in [-0.2, -0.15) is 0 Å². The van der Waals surface area contributed by atoms with Crippen LogP contribution in [0.2, 0.25) is 0 Å². The van der Waals surface area contributed by atoms with Crippen molar-refractivity contribution in [1.82, 2.24) is 10.6 Å². The zero-order valence-electron chi connectivity index (χ0n) is 31.4. The minimum Gasteiger partial charge on any atom is -0.456 e. The molecule has 0 spiro atoms. The van der Waals surface area contributed by atoms with Crippen LogP contribution in [0.5, 0.6) is 0 Å². The molecule has 4 bridgehead atoms. The first-order valence-corrected chi connectivity index (χ1v) is 20.7. The molecule has 6 atom stereocenters. The summed E-state index contributed by atoms with van der Waals surface area (Å²) in [5.74, 6) is 1.16. The van der Waals surface area contributed by atoms with E-state index in [1.54, 1.807) is 0 Å². The number of aliphatic hydroxyl groups is 4. The Balaban J connectivity index is 1.04. The molecule has 11 nitrogen and oxygen atoms in total. The number of rotatable bonds is 25. The van der Waals surface area contributed by atoms with E-state index in [1.165, 1.54) is 51.4 Å². The predicted molar refractivity (Wildman–Crippen MR) is 195 cm³/mol. The molecule has 5 rings (SSSR count). The molecule has 51 heavy (non-hydrogen) atoms. The van der Waals surface area contributed by atoms with Crippen molar-refractivity contribution < 1.29 is 44.3 Å². The number of unbranched alkanes of at least 4 members (excludes halogenated alkanes) is 13. The molecular weight excluding hydrogens is 652 g/mol. The van der Waals surface area contributed by atoms with Gasteiger partial charge in [0.05, 0.1) is 12.5 Å². The van der Waals surface area contributed by atoms with Crippen molar-refractivity contribution in [3.8, 4) is 0 Å². The fourth-order valence-electron chi connectivity index (χ4n) is 9.73. The summed E-state index contributed by atoms with van der Waals surface area (Å²) in [6.07, 6.45) is 16.9. The van der Waals surface area contributed by atoms with Gasteiger partial charge in [-0.1, -0.05) is 90.4 Å². The van der Waals surface area contributed by atoms with Gasteiger partial charge in [-0.05, 0) is 75.5 Å². The van der Waals surface area contributed by atoms with Crippen LogP contribution in [0.1, 0.15) is 161 Å². The molecule has 5 aliphatic rings. The van der Waals surface area contributed by atoms with Crippen molar-refractivity contribution in [2.24, 2.45) is 23.7 Å². The van der Waals surface area contributed by atoms with Gasteiger partial charge in [-0.3, -0.25) is 9.59 Å². The molecule has 1 heterocycles. The summed E-state index contributed by atoms with van der Waals surface area (Å²) in [5, 5.41) is 46.4. The van der Waals surface area contributed by atoms with Crippen LogP contribution in [0.3, 0.4) is 0 Å². The number of carbonyl (C=O) groups is 3. The van der Waals surface area contributed by atoms with E-state index < -0.39 is 49.2 Å². The fraction of sp³-hybridized carbons (Fsp3) is 0.925. The monoisotopic (exact) mass is 723 g/mol. The normalized spacial score (nSPS) is 31.7. The third kappa shape index (κ3) is 13.5. The molecule has 5 fully saturated rings. The Labute approximate surface area is 306 Å². The van der Waals surface area contributed by atoms with E-state index >= 15 is 0 Å². The highest BCUT2D eigenvalue weighted by molar-refractivity contribution is 5.84. The van der Waals surface area contributed by atoms with Gasteiger partial charge in [0.1, 0.15) is 24.1 Å². The van der Waals surface area contributed by atoms with Gasteiger partial charge >= 0.3 is 12.0 Å². The van der Waals surface area contributed by atoms with Gasteiger partial charge in [0.15, 0.2) is 12.4 Å². The molecule has 4 aliphatic carbocycles. The second-order valence-electron chi connectivity index (χ2n) is 16.6. The number of aliphatic hydroxyl groups excluding tert-OH is 4. The third-order valence-electron chi connectivity index (χ3n) is 12.1. The second-order valence-corrected chi connectivity index (χ2v) is 16.6. The van der Waals surface area contributed by atoms with Crippen LogP contribution in [0.4, 0.5) is 4.79 Å². The van der Waals surface area contributed by atoms with Crippen molar-refractivity contribution in [3.05, 3.63) is 0 Å². The minimum atomic E-state index is -1.70. The van der Waals surface area contributed by atoms with Crippen LogP contribution in [0, 0.1) is 23.7 Å². The van der Waals surface area contributed by atoms with Crippen LogP contribution >= 0.6 is 0 Å². The van der Waals surface area contributed by atoms with Gasteiger partial charge in [-0.25, -0.2) is 4.79 Å². The lowest BCUT2D eigenvalue weighted by Gasteiger charge is -2.56. The number of urea groups is 1. The van der Waals surface area contributed by atoms with Crippen LogP contribution in [0.25, 0.3) is 0 Å². The van der Waals surface area contributed by atoms with Gasteiger partial charge in [0.25, 0.3) is 0 Å². The van der Waals surface area contributed by atoms with Crippen molar-refractivity contribution in [2.45, 2.75) is 197 Å². The number of hydrogen-bond donors (Lipinski definition) is 6. The molecule has 3 unspecified atom stereocenters. The average Bonchev–Trinajstić information content (AvgIpc) is 3.08. The first kappa shape index (κ1) is 42.0. The van der Waals surface area contributed by atoms with Gasteiger partial charge < -0.3 is 40.5 Å². The van der Waals surface area contributed by atoms with Crippen molar-refractivity contribution in [2.75, 3.05) is 13.2 Å². The molecular formula is C40H70N2O9. The Kier molecular flexibility index (Phi) is 17.9. The fourth-order valence-corrected chi connectivity index (χ4v) is 9.73. The molecule has 11 heteroatoms. The zero-order chi connectivity index (χ0) is 36.6. The lowest BCUT2D eigenvalue weighted by atomic mass is 9.53. The van der Waals surface area contributed by atoms with Crippen molar-refractivity contribution >= 4 is 17.8 Å². The van der Waals surface area contributed by atoms with E-state index in [0.717, 1.165) is 108 Å². The molecule has 1 saturated heterocycles. The molecule has 1 aliphatic heterocycles. The zero-order valence-corrected chi connectivity index (χ0v) is 31.4. The summed E-state index contributed by atoms with van der Waals surface area (Å²) in [6, 6.07) is 0.0246. The van der Waals surface area contributed by atoms with Crippen molar-refractivity contribution in [1.29, 1.82) is 0 Å². The highest BCUT2D eigenvalue weighted by Gasteiger charge is 2.51. The van der Waals surface area contributed by atoms with E-state index in [1.807, 2.05) is 0 Å². The Bertz CT molecular complexity index is 1020. The average molecular weight is 723 g/mol. The predicted octanol–water partition coefficient (Wildman–Crippen LogP) is 5.82. The first-order chi connectivity index (χ1) is 24.6. The number of hydrogen-bond acceptors (Lipinski definition) is 9. The van der Waals surface area contributed by atoms with Crippen LogP contribution in [-0.2, 0) is 19.1 Å². The standard InChI is InChI=1S/C40H70N2O9/c1-2-3-4-5-11-14-17-31(37(47)51-36-33(27-43)50-38(48)35(46)34(36)45)23-32(44)18-15-12-9-7-6-8-10-13-16-19-41-39(49)42-40-24-28-20-29(25-40)22-30(21-28)26-40/h28-31,33-36,38,43,45-46,48H,2-27H2,1H3,(H2,41,42,49)/t28?,29?,30?,31?,33?,34-,35?,36-,38+,40?/m1/s1. The Morgan fingerprint density at radius 2 is 1.31 bits per heavy atom. The molecule has 0 aromatic rings. The number of Topliss-reactive ketones (excluding diaryl/α,β-unsaturated/α-hetero) is 1. The van der Waals surface area contributed by atoms with E-state index in [0.29, 0.717) is 12.8 Å².